The summed E-state index contributed by atoms with van der Waals surface area (Å²) in [5.74, 6) is -1.77. The highest BCUT2D eigenvalue weighted by molar-refractivity contribution is 7.99. The summed E-state index contributed by atoms with van der Waals surface area (Å²) in [7, 11) is 0. The Morgan fingerprint density at radius 2 is 2.29 bits per heavy atom. The van der Waals surface area contributed by atoms with E-state index < -0.39 is 11.8 Å². The number of halogens is 1. The fourth-order valence-electron chi connectivity index (χ4n) is 1.24. The molecular formula is C10H8FN3O2S. The van der Waals surface area contributed by atoms with E-state index in [4.69, 9.17) is 10.8 Å². The van der Waals surface area contributed by atoms with E-state index in [1.807, 2.05) is 0 Å². The molecule has 0 aliphatic carbocycles. The Bertz CT molecular complexity index is 557. The predicted molar refractivity (Wildman–Crippen MR) is 60.5 cm³/mol. The van der Waals surface area contributed by atoms with Crippen LogP contribution in [-0.4, -0.2) is 21.0 Å². The number of rotatable bonds is 3. The maximum absolute atomic E-state index is 13.6. The molecule has 4 N–H and O–H groups in total. The van der Waals surface area contributed by atoms with Crippen LogP contribution < -0.4 is 5.73 Å². The lowest BCUT2D eigenvalue weighted by Crippen LogP contribution is -2.03. The van der Waals surface area contributed by atoms with Crippen LogP contribution in [-0.2, 0) is 0 Å². The number of aromatic amines is 1. The largest absolute Gasteiger partial charge is 0.478 e. The molecule has 88 valence electrons. The summed E-state index contributed by atoms with van der Waals surface area (Å²) in [6.07, 6.45) is 3.12. The van der Waals surface area contributed by atoms with Crippen molar-refractivity contribution in [3.63, 3.8) is 0 Å². The number of hydrogen-bond acceptors (Lipinski definition) is 4. The number of aromatic carboxylic acids is 1. The molecule has 1 heterocycles. The first-order chi connectivity index (χ1) is 8.08. The number of carbonyl (C=O) groups is 1. The van der Waals surface area contributed by atoms with Gasteiger partial charge < -0.3 is 15.8 Å². The van der Waals surface area contributed by atoms with Crippen molar-refractivity contribution in [2.45, 2.75) is 10.1 Å². The monoisotopic (exact) mass is 253 g/mol. The minimum absolute atomic E-state index is 0.0983. The van der Waals surface area contributed by atoms with Crippen LogP contribution in [0.15, 0.2) is 34.6 Å². The van der Waals surface area contributed by atoms with Gasteiger partial charge in [-0.3, -0.25) is 0 Å². The third kappa shape index (κ3) is 2.39. The molecule has 0 aliphatic rings. The Labute approximate surface area is 99.9 Å². The third-order valence-electron chi connectivity index (χ3n) is 2.01. The normalized spacial score (nSPS) is 10.4. The number of hydrogen-bond donors (Lipinski definition) is 3. The van der Waals surface area contributed by atoms with Crippen LogP contribution in [0, 0.1) is 5.82 Å². The second-order valence-electron chi connectivity index (χ2n) is 3.17. The van der Waals surface area contributed by atoms with E-state index in [0.717, 1.165) is 17.8 Å². The van der Waals surface area contributed by atoms with Crippen LogP contribution >= 0.6 is 11.8 Å². The first-order valence-electron chi connectivity index (χ1n) is 4.57. The summed E-state index contributed by atoms with van der Waals surface area (Å²) in [6.45, 7) is 0. The second kappa shape index (κ2) is 4.46. The molecule has 2 aromatic rings. The Morgan fingerprint density at radius 1 is 1.53 bits per heavy atom. The van der Waals surface area contributed by atoms with Crippen LogP contribution in [0.4, 0.5) is 10.1 Å². The number of imidazole rings is 1. The van der Waals surface area contributed by atoms with Gasteiger partial charge in [0.25, 0.3) is 0 Å². The lowest BCUT2D eigenvalue weighted by atomic mass is 10.2. The van der Waals surface area contributed by atoms with Crippen molar-refractivity contribution in [2.24, 2.45) is 0 Å². The summed E-state index contributed by atoms with van der Waals surface area (Å²) in [6, 6.07) is 2.19. The van der Waals surface area contributed by atoms with Gasteiger partial charge in [0.05, 0.1) is 10.5 Å². The van der Waals surface area contributed by atoms with Crippen LogP contribution in [0.1, 0.15) is 10.4 Å². The summed E-state index contributed by atoms with van der Waals surface area (Å²) < 4.78 is 13.6. The molecule has 0 radical (unpaired) electrons. The van der Waals surface area contributed by atoms with Crippen LogP contribution in [0.2, 0.25) is 0 Å². The zero-order valence-electron chi connectivity index (χ0n) is 8.48. The van der Waals surface area contributed by atoms with Crippen molar-refractivity contribution in [1.82, 2.24) is 9.97 Å². The number of anilines is 1. The number of benzene rings is 1. The molecule has 0 saturated carbocycles. The quantitative estimate of drug-likeness (QED) is 0.727. The fourth-order valence-corrected chi connectivity index (χ4v) is 2.02. The van der Waals surface area contributed by atoms with Gasteiger partial charge in [0.1, 0.15) is 5.82 Å². The number of aromatic nitrogens is 2. The maximum Gasteiger partial charge on any atom is 0.337 e. The highest BCUT2D eigenvalue weighted by Crippen LogP contribution is 2.30. The summed E-state index contributed by atoms with van der Waals surface area (Å²) in [4.78, 5) is 17.7. The molecule has 0 amide bonds. The number of nitrogens with one attached hydrogen (secondary N) is 1. The van der Waals surface area contributed by atoms with Gasteiger partial charge in [-0.25, -0.2) is 14.2 Å². The standard InChI is InChI=1S/C10H8FN3O2S/c11-6-4-7(12)5(9(15)16)3-8(6)17-10-13-1-2-14-10/h1-4H,12H2,(H,13,14)(H,15,16). The number of H-pyrrole nitrogens is 1. The first-order valence-corrected chi connectivity index (χ1v) is 5.39. The van der Waals surface area contributed by atoms with Gasteiger partial charge in [-0.1, -0.05) is 0 Å². The highest BCUT2D eigenvalue weighted by atomic mass is 32.2. The number of nitrogen functional groups attached to an aromatic ring is 1. The van der Waals surface area contributed by atoms with Crippen molar-refractivity contribution in [3.05, 3.63) is 35.9 Å². The lowest BCUT2D eigenvalue weighted by molar-refractivity contribution is 0.0697. The van der Waals surface area contributed by atoms with Crippen molar-refractivity contribution in [1.29, 1.82) is 0 Å². The molecule has 17 heavy (non-hydrogen) atoms. The SMILES string of the molecule is Nc1cc(F)c(Sc2ncc[nH]2)cc1C(=O)O. The molecule has 5 nitrogen and oxygen atoms in total. The van der Waals surface area contributed by atoms with Crippen LogP contribution in [0.3, 0.4) is 0 Å². The first kappa shape index (κ1) is 11.5. The zero-order valence-corrected chi connectivity index (χ0v) is 9.29. The van der Waals surface area contributed by atoms with Crippen molar-refractivity contribution < 1.29 is 14.3 Å². The summed E-state index contributed by atoms with van der Waals surface area (Å²) in [5, 5.41) is 9.35. The van der Waals surface area contributed by atoms with Crippen molar-refractivity contribution >= 4 is 23.4 Å². The Hall–Kier alpha value is -2.02. The van der Waals surface area contributed by atoms with E-state index in [-0.39, 0.29) is 16.1 Å². The molecule has 0 bridgehead atoms. The molecule has 0 unspecified atom stereocenters. The van der Waals surface area contributed by atoms with E-state index in [1.54, 1.807) is 6.20 Å². The Morgan fingerprint density at radius 3 is 2.88 bits per heavy atom. The minimum Gasteiger partial charge on any atom is -0.478 e. The van der Waals surface area contributed by atoms with Crippen LogP contribution in [0.5, 0.6) is 0 Å². The van der Waals surface area contributed by atoms with Gasteiger partial charge in [-0.05, 0) is 23.9 Å². The molecule has 0 atom stereocenters. The van der Waals surface area contributed by atoms with Gasteiger partial charge in [-0.15, -0.1) is 0 Å². The molecule has 1 aromatic carbocycles. The van der Waals surface area contributed by atoms with Gasteiger partial charge in [0.2, 0.25) is 0 Å². The van der Waals surface area contributed by atoms with Gasteiger partial charge in [-0.2, -0.15) is 0 Å². The molecule has 0 fully saturated rings. The zero-order chi connectivity index (χ0) is 12.4. The third-order valence-corrected chi connectivity index (χ3v) is 2.96. The molecular weight excluding hydrogens is 245 g/mol. The van der Waals surface area contributed by atoms with E-state index in [2.05, 4.69) is 9.97 Å². The van der Waals surface area contributed by atoms with E-state index in [1.165, 1.54) is 12.3 Å². The van der Waals surface area contributed by atoms with Gasteiger partial charge in [0.15, 0.2) is 5.16 Å². The van der Waals surface area contributed by atoms with E-state index in [0.29, 0.717) is 5.16 Å². The Kier molecular flexibility index (Phi) is 3.01. The predicted octanol–water partition coefficient (Wildman–Crippen LogP) is 1.98. The molecule has 2 rings (SSSR count). The van der Waals surface area contributed by atoms with Crippen molar-refractivity contribution in [3.8, 4) is 0 Å². The molecule has 7 heteroatoms. The lowest BCUT2D eigenvalue weighted by Gasteiger charge is -2.05. The van der Waals surface area contributed by atoms with Crippen LogP contribution in [0.25, 0.3) is 0 Å². The number of carboxylic acid groups (broad SMARTS) is 1. The topological polar surface area (TPSA) is 92.0 Å². The average Bonchev–Trinajstić information content (AvgIpc) is 2.74. The molecule has 0 spiro atoms. The minimum atomic E-state index is -1.19. The number of nitrogens with two attached hydrogens (primary N) is 1. The van der Waals surface area contributed by atoms with E-state index in [9.17, 15) is 9.18 Å². The summed E-state index contributed by atoms with van der Waals surface area (Å²) in [5.41, 5.74) is 5.19. The number of nitrogens with zero attached hydrogens (tertiary/aromatic N) is 1. The van der Waals surface area contributed by atoms with E-state index >= 15 is 0 Å². The summed E-state index contributed by atoms with van der Waals surface area (Å²) >= 11 is 1.00. The second-order valence-corrected chi connectivity index (χ2v) is 4.20. The van der Waals surface area contributed by atoms with Crippen molar-refractivity contribution in [2.75, 3.05) is 5.73 Å². The average molecular weight is 253 g/mol. The molecule has 1 aromatic heterocycles. The molecule has 0 aliphatic heterocycles. The smallest absolute Gasteiger partial charge is 0.337 e. The molecule has 0 saturated heterocycles. The highest BCUT2D eigenvalue weighted by Gasteiger charge is 2.14. The fraction of sp³-hybridized carbons (Fsp3) is 0. The van der Waals surface area contributed by atoms with Gasteiger partial charge in [0, 0.05) is 18.1 Å². The Balaban J connectivity index is 2.40. The van der Waals surface area contributed by atoms with Gasteiger partial charge >= 0.3 is 5.97 Å². The number of carboxylic acids is 1. The maximum atomic E-state index is 13.6.